The highest BCUT2D eigenvalue weighted by Crippen LogP contribution is 2.70. The highest BCUT2D eigenvalue weighted by molar-refractivity contribution is 5.91. The second-order valence-corrected chi connectivity index (χ2v) is 12.6. The van der Waals surface area contributed by atoms with E-state index in [1.807, 2.05) is 0 Å². The van der Waals surface area contributed by atoms with Gasteiger partial charge in [-0.2, -0.15) is 0 Å². The molecule has 0 amide bonds. The Bertz CT molecular complexity index is 810. The lowest BCUT2D eigenvalue weighted by Crippen LogP contribution is -2.55. The van der Waals surface area contributed by atoms with Gasteiger partial charge in [-0.25, -0.2) is 0 Å². The fraction of sp³-hybridized carbons (Fsp3) is 0.889. The summed E-state index contributed by atoms with van der Waals surface area (Å²) in [4.78, 5) is 12.1. The van der Waals surface area contributed by atoms with Crippen LogP contribution in [0.4, 0.5) is 0 Å². The molecule has 2 aliphatic heterocycles. The van der Waals surface area contributed by atoms with Crippen molar-refractivity contribution in [1.29, 1.82) is 0 Å². The minimum absolute atomic E-state index is 0.00834. The summed E-state index contributed by atoms with van der Waals surface area (Å²) in [6, 6.07) is 0. The van der Waals surface area contributed by atoms with E-state index >= 15 is 0 Å². The fourth-order valence-corrected chi connectivity index (χ4v) is 9.62. The summed E-state index contributed by atoms with van der Waals surface area (Å²) in [5.74, 6) is 3.20. The summed E-state index contributed by atoms with van der Waals surface area (Å²) in [6.07, 6.45) is 9.84. The van der Waals surface area contributed by atoms with Crippen molar-refractivity contribution in [2.75, 3.05) is 6.61 Å². The number of rotatable bonds is 0. The van der Waals surface area contributed by atoms with Crippen molar-refractivity contribution in [2.24, 2.45) is 46.3 Å². The largest absolute Gasteiger partial charge is 0.389 e. The van der Waals surface area contributed by atoms with Crippen LogP contribution in [0.15, 0.2) is 11.6 Å². The van der Waals surface area contributed by atoms with Gasteiger partial charge in [-0.1, -0.05) is 27.7 Å². The normalized spacial score (nSPS) is 58.4. The molecule has 31 heavy (non-hydrogen) atoms. The van der Waals surface area contributed by atoms with Gasteiger partial charge in [0.2, 0.25) is 0 Å². The monoisotopic (exact) mass is 428 g/mol. The van der Waals surface area contributed by atoms with E-state index in [0.29, 0.717) is 48.0 Å². The number of carbonyl (C=O) groups is 1. The molecule has 4 heteroatoms. The van der Waals surface area contributed by atoms with E-state index in [-0.39, 0.29) is 22.4 Å². The van der Waals surface area contributed by atoms with E-state index in [2.05, 4.69) is 27.7 Å². The summed E-state index contributed by atoms with van der Waals surface area (Å²) in [5.41, 5.74) is 1.30. The summed E-state index contributed by atoms with van der Waals surface area (Å²) in [6.45, 7) is 10.4. The Hall–Kier alpha value is -0.710. The number of carbonyl (C=O) groups excluding carboxylic acids is 1. The molecule has 2 heterocycles. The molecular formula is C27H40O4. The molecule has 6 aliphatic rings. The van der Waals surface area contributed by atoms with Crippen LogP contribution in [-0.4, -0.2) is 35.5 Å². The lowest BCUT2D eigenvalue weighted by atomic mass is 9.46. The van der Waals surface area contributed by atoms with Gasteiger partial charge in [0.05, 0.1) is 18.8 Å². The molecule has 172 valence electrons. The van der Waals surface area contributed by atoms with Gasteiger partial charge >= 0.3 is 0 Å². The maximum atomic E-state index is 12.1. The minimum Gasteiger partial charge on any atom is -0.389 e. The molecule has 0 radical (unpaired) electrons. The molecule has 0 bridgehead atoms. The second-order valence-electron chi connectivity index (χ2n) is 12.6. The molecule has 5 fully saturated rings. The molecule has 3 saturated carbocycles. The average Bonchev–Trinajstić information content (AvgIpc) is 3.17. The third kappa shape index (κ3) is 2.68. The van der Waals surface area contributed by atoms with Crippen molar-refractivity contribution >= 4 is 5.78 Å². The Balaban J connectivity index is 1.30. The summed E-state index contributed by atoms with van der Waals surface area (Å²) in [5, 5.41) is 11.1. The predicted molar refractivity (Wildman–Crippen MR) is 118 cm³/mol. The zero-order chi connectivity index (χ0) is 21.8. The van der Waals surface area contributed by atoms with Crippen LogP contribution in [0.1, 0.15) is 79.1 Å². The Morgan fingerprint density at radius 3 is 2.61 bits per heavy atom. The third-order valence-corrected chi connectivity index (χ3v) is 11.2. The molecule has 7 unspecified atom stereocenters. The molecule has 11 atom stereocenters. The zero-order valence-corrected chi connectivity index (χ0v) is 19.7. The lowest BCUT2D eigenvalue weighted by molar-refractivity contribution is -0.272. The number of ether oxygens (including phenoxy) is 2. The number of hydrogen-bond acceptors (Lipinski definition) is 4. The Kier molecular flexibility index (Phi) is 4.49. The van der Waals surface area contributed by atoms with Crippen LogP contribution in [0.25, 0.3) is 0 Å². The van der Waals surface area contributed by atoms with Gasteiger partial charge in [0, 0.05) is 18.8 Å². The van der Waals surface area contributed by atoms with Crippen molar-refractivity contribution in [2.45, 2.75) is 97.1 Å². The molecular weight excluding hydrogens is 388 g/mol. The van der Waals surface area contributed by atoms with Crippen LogP contribution in [0.2, 0.25) is 0 Å². The standard InChI is InChI=1S/C27H40O4/c1-15-5-10-27(30-14-15)16(2)24-23(31-27)13-20-18-12-22(29)21-11-17(28)6-8-25(21,3)19(18)7-9-26(20,24)4/h11,15-16,18-20,22-24,29H,5-10,12-14H2,1-4H3/t15?,16?,18?,19?,20?,22-,23+,24?,25-,26+,27?/m1/s1. The first-order valence-electron chi connectivity index (χ1n) is 12.9. The predicted octanol–water partition coefficient (Wildman–Crippen LogP) is 4.89. The molecule has 1 N–H and O–H groups in total. The first-order valence-corrected chi connectivity index (χ1v) is 12.9. The quantitative estimate of drug-likeness (QED) is 0.597. The molecule has 2 saturated heterocycles. The van der Waals surface area contributed by atoms with E-state index in [0.717, 1.165) is 37.9 Å². The Labute approximate surface area is 187 Å². The first kappa shape index (κ1) is 20.9. The van der Waals surface area contributed by atoms with E-state index in [4.69, 9.17) is 9.47 Å². The molecule has 0 aromatic rings. The molecule has 4 aliphatic carbocycles. The van der Waals surface area contributed by atoms with Gasteiger partial charge < -0.3 is 14.6 Å². The first-order chi connectivity index (χ1) is 14.7. The number of aliphatic hydroxyl groups excluding tert-OH is 1. The highest BCUT2D eigenvalue weighted by atomic mass is 16.7. The van der Waals surface area contributed by atoms with Crippen molar-refractivity contribution in [3.05, 3.63) is 11.6 Å². The summed E-state index contributed by atoms with van der Waals surface area (Å²) in [7, 11) is 0. The highest BCUT2D eigenvalue weighted by Gasteiger charge is 2.69. The fourth-order valence-electron chi connectivity index (χ4n) is 9.62. The van der Waals surface area contributed by atoms with Crippen molar-refractivity contribution < 1.29 is 19.4 Å². The van der Waals surface area contributed by atoms with Gasteiger partial charge in [-0.05, 0) is 90.6 Å². The molecule has 4 nitrogen and oxygen atoms in total. The summed E-state index contributed by atoms with van der Waals surface area (Å²) < 4.78 is 13.3. The van der Waals surface area contributed by atoms with E-state index < -0.39 is 6.10 Å². The second kappa shape index (κ2) is 6.67. The maximum Gasteiger partial charge on any atom is 0.171 e. The van der Waals surface area contributed by atoms with Crippen molar-refractivity contribution in [3.63, 3.8) is 0 Å². The van der Waals surface area contributed by atoms with Gasteiger partial charge in [-0.15, -0.1) is 0 Å². The zero-order valence-electron chi connectivity index (χ0n) is 19.7. The number of aliphatic hydroxyl groups is 1. The van der Waals surface area contributed by atoms with Crippen LogP contribution in [-0.2, 0) is 14.3 Å². The van der Waals surface area contributed by atoms with Gasteiger partial charge in [0.15, 0.2) is 11.6 Å². The smallest absolute Gasteiger partial charge is 0.171 e. The minimum atomic E-state index is -0.453. The molecule has 6 rings (SSSR count). The van der Waals surface area contributed by atoms with Gasteiger partial charge in [0.25, 0.3) is 0 Å². The number of fused-ring (bicyclic) bond motifs is 7. The van der Waals surface area contributed by atoms with Crippen LogP contribution in [0, 0.1) is 46.3 Å². The van der Waals surface area contributed by atoms with E-state index in [1.54, 1.807) is 6.08 Å². The van der Waals surface area contributed by atoms with Gasteiger partial charge in [-0.3, -0.25) is 4.79 Å². The van der Waals surface area contributed by atoms with Crippen LogP contribution < -0.4 is 0 Å². The third-order valence-electron chi connectivity index (χ3n) is 11.2. The number of ketones is 1. The molecule has 0 aromatic heterocycles. The maximum absolute atomic E-state index is 12.1. The van der Waals surface area contributed by atoms with Crippen molar-refractivity contribution in [1.82, 2.24) is 0 Å². The van der Waals surface area contributed by atoms with E-state index in [1.165, 1.54) is 19.3 Å². The molecule has 0 aromatic carbocycles. The molecule has 1 spiro atoms. The summed E-state index contributed by atoms with van der Waals surface area (Å²) >= 11 is 0. The Morgan fingerprint density at radius 1 is 1.06 bits per heavy atom. The Morgan fingerprint density at radius 2 is 1.87 bits per heavy atom. The average molecular weight is 429 g/mol. The SMILES string of the molecule is CC1CCC2(OC1)O[C@H]1CC3C4C[C@@H](O)C5=CC(=O)CC[C@]5(C)C4CC[C@]3(C)C1C2C. The number of hydrogen-bond donors (Lipinski definition) is 1. The van der Waals surface area contributed by atoms with Crippen molar-refractivity contribution in [3.8, 4) is 0 Å². The topological polar surface area (TPSA) is 55.8 Å². The van der Waals surface area contributed by atoms with Crippen LogP contribution >= 0.6 is 0 Å². The van der Waals surface area contributed by atoms with Crippen LogP contribution in [0.5, 0.6) is 0 Å². The van der Waals surface area contributed by atoms with Crippen LogP contribution in [0.3, 0.4) is 0 Å². The lowest BCUT2D eigenvalue weighted by Gasteiger charge is -2.59. The van der Waals surface area contributed by atoms with E-state index in [9.17, 15) is 9.90 Å². The van der Waals surface area contributed by atoms with Gasteiger partial charge in [0.1, 0.15) is 0 Å².